The summed E-state index contributed by atoms with van der Waals surface area (Å²) >= 11 is 0. The van der Waals surface area contributed by atoms with Gasteiger partial charge in [-0.05, 0) is 38.3 Å². The minimum atomic E-state index is 0.00436. The van der Waals surface area contributed by atoms with Crippen LogP contribution >= 0.6 is 0 Å². The normalized spacial score (nSPS) is 11.6. The molecule has 2 heterocycles. The molecular formula is C13H19N3O. The van der Waals surface area contributed by atoms with Crippen molar-refractivity contribution in [2.45, 2.75) is 46.5 Å². The van der Waals surface area contributed by atoms with Gasteiger partial charge in [0.05, 0.1) is 0 Å². The molecule has 4 heteroatoms. The molecule has 0 aliphatic heterocycles. The fraction of sp³-hybridized carbons (Fsp3) is 0.538. The molecule has 0 radical (unpaired) electrons. The number of pyridine rings is 1. The molecule has 92 valence electrons. The minimum Gasteiger partial charge on any atom is -0.276 e. The molecule has 0 fully saturated rings. The first-order chi connectivity index (χ1) is 8.08. The summed E-state index contributed by atoms with van der Waals surface area (Å²) in [6, 6.07) is 1.96. The van der Waals surface area contributed by atoms with E-state index in [2.05, 4.69) is 23.9 Å². The topological polar surface area (TPSA) is 50.2 Å². The molecule has 0 saturated heterocycles. The van der Waals surface area contributed by atoms with E-state index in [9.17, 15) is 4.79 Å². The molecule has 0 aromatic carbocycles. The van der Waals surface area contributed by atoms with Gasteiger partial charge >= 0.3 is 0 Å². The second kappa shape index (κ2) is 4.35. The monoisotopic (exact) mass is 233 g/mol. The molecule has 0 aliphatic rings. The van der Waals surface area contributed by atoms with Gasteiger partial charge in [-0.2, -0.15) is 4.52 Å². The third-order valence-electron chi connectivity index (χ3n) is 3.52. The first-order valence-corrected chi connectivity index (χ1v) is 6.17. The number of aromatic nitrogens is 3. The summed E-state index contributed by atoms with van der Waals surface area (Å²) in [7, 11) is 0. The Morgan fingerprint density at radius 2 is 2.00 bits per heavy atom. The quantitative estimate of drug-likeness (QED) is 0.885. The van der Waals surface area contributed by atoms with Crippen molar-refractivity contribution in [1.29, 1.82) is 0 Å². The van der Waals surface area contributed by atoms with E-state index in [0.29, 0.717) is 5.92 Å². The van der Waals surface area contributed by atoms with E-state index in [1.807, 2.05) is 19.9 Å². The van der Waals surface area contributed by atoms with E-state index in [1.165, 1.54) is 0 Å². The third-order valence-corrected chi connectivity index (χ3v) is 3.52. The maximum absolute atomic E-state index is 12.1. The highest BCUT2D eigenvalue weighted by atomic mass is 16.1. The molecule has 2 aromatic rings. The smallest absolute Gasteiger partial charge is 0.274 e. The highest BCUT2D eigenvalue weighted by Gasteiger charge is 2.14. The average molecular weight is 233 g/mol. The number of nitrogens with zero attached hydrogens (tertiary/aromatic N) is 2. The molecule has 2 aromatic heterocycles. The number of aryl methyl sites for hydroxylation is 1. The van der Waals surface area contributed by atoms with Gasteiger partial charge in [0.2, 0.25) is 0 Å². The summed E-state index contributed by atoms with van der Waals surface area (Å²) in [6.45, 7) is 8.07. The largest absolute Gasteiger partial charge is 0.276 e. The summed E-state index contributed by atoms with van der Waals surface area (Å²) in [5, 5.41) is 3.13. The molecule has 0 unspecified atom stereocenters. The van der Waals surface area contributed by atoms with Crippen LogP contribution in [0, 0.1) is 13.8 Å². The van der Waals surface area contributed by atoms with Gasteiger partial charge in [-0.15, -0.1) is 0 Å². The fourth-order valence-electron chi connectivity index (χ4n) is 2.12. The number of rotatable bonds is 3. The highest BCUT2D eigenvalue weighted by Crippen LogP contribution is 2.20. The Hall–Kier alpha value is -1.58. The molecule has 4 nitrogen and oxygen atoms in total. The zero-order chi connectivity index (χ0) is 12.6. The van der Waals surface area contributed by atoms with Crippen LogP contribution in [0.3, 0.4) is 0 Å². The fourth-order valence-corrected chi connectivity index (χ4v) is 2.12. The van der Waals surface area contributed by atoms with Gasteiger partial charge < -0.3 is 0 Å². The van der Waals surface area contributed by atoms with Crippen molar-refractivity contribution in [2.24, 2.45) is 0 Å². The summed E-state index contributed by atoms with van der Waals surface area (Å²) < 4.78 is 1.55. The summed E-state index contributed by atoms with van der Waals surface area (Å²) in [6.07, 6.45) is 2.06. The van der Waals surface area contributed by atoms with Crippen LogP contribution in [-0.4, -0.2) is 14.6 Å². The maximum Gasteiger partial charge on any atom is 0.274 e. The first kappa shape index (κ1) is 11.9. The summed E-state index contributed by atoms with van der Waals surface area (Å²) in [5.41, 5.74) is 2.50. The number of aromatic amines is 1. The van der Waals surface area contributed by atoms with Gasteiger partial charge in [0.1, 0.15) is 5.82 Å². The number of H-pyrrole nitrogens is 1. The SMILES string of the molecule is CCC(CC)c1nc2cc(C)c(C)c(=O)n2[nH]1. The molecule has 1 N–H and O–H groups in total. The molecule has 0 spiro atoms. The summed E-state index contributed by atoms with van der Waals surface area (Å²) in [4.78, 5) is 16.6. The van der Waals surface area contributed by atoms with Crippen LogP contribution < -0.4 is 5.56 Å². The number of hydrogen-bond acceptors (Lipinski definition) is 2. The lowest BCUT2D eigenvalue weighted by molar-refractivity contribution is 0.600. The number of hydrogen-bond donors (Lipinski definition) is 1. The highest BCUT2D eigenvalue weighted by molar-refractivity contribution is 5.43. The van der Waals surface area contributed by atoms with Crippen molar-refractivity contribution in [2.75, 3.05) is 0 Å². The van der Waals surface area contributed by atoms with Crippen LogP contribution in [-0.2, 0) is 0 Å². The number of nitrogens with one attached hydrogen (secondary N) is 1. The van der Waals surface area contributed by atoms with E-state index in [0.717, 1.165) is 35.4 Å². The van der Waals surface area contributed by atoms with E-state index in [4.69, 9.17) is 0 Å². The van der Waals surface area contributed by atoms with Gasteiger partial charge in [0.15, 0.2) is 5.65 Å². The first-order valence-electron chi connectivity index (χ1n) is 6.17. The van der Waals surface area contributed by atoms with Crippen molar-refractivity contribution in [3.8, 4) is 0 Å². The third kappa shape index (κ3) is 1.88. The van der Waals surface area contributed by atoms with Gasteiger partial charge in [-0.1, -0.05) is 13.8 Å². The second-order valence-corrected chi connectivity index (χ2v) is 4.57. The molecule has 0 atom stereocenters. The van der Waals surface area contributed by atoms with Crippen LogP contribution in [0.4, 0.5) is 0 Å². The van der Waals surface area contributed by atoms with Crippen LogP contribution in [0.2, 0.25) is 0 Å². The summed E-state index contributed by atoms with van der Waals surface area (Å²) in [5.74, 6) is 1.31. The van der Waals surface area contributed by atoms with E-state index in [-0.39, 0.29) is 5.56 Å². The van der Waals surface area contributed by atoms with Gasteiger partial charge in [-0.25, -0.2) is 4.98 Å². The predicted octanol–water partition coefficient (Wildman–Crippen LogP) is 2.54. The molecule has 17 heavy (non-hydrogen) atoms. The lowest BCUT2D eigenvalue weighted by Crippen LogP contribution is -2.18. The predicted molar refractivity (Wildman–Crippen MR) is 68.6 cm³/mol. The van der Waals surface area contributed by atoms with Gasteiger partial charge in [-0.3, -0.25) is 9.89 Å². The van der Waals surface area contributed by atoms with Crippen molar-refractivity contribution < 1.29 is 0 Å². The minimum absolute atomic E-state index is 0.00436. The Labute approximate surface area is 101 Å². The molecule has 0 aliphatic carbocycles. The Kier molecular flexibility index (Phi) is 3.05. The van der Waals surface area contributed by atoms with E-state index < -0.39 is 0 Å². The zero-order valence-electron chi connectivity index (χ0n) is 10.9. The molecular weight excluding hydrogens is 214 g/mol. The molecule has 0 saturated carbocycles. The lowest BCUT2D eigenvalue weighted by atomic mass is 10.0. The van der Waals surface area contributed by atoms with Crippen LogP contribution in [0.15, 0.2) is 10.9 Å². The second-order valence-electron chi connectivity index (χ2n) is 4.57. The Morgan fingerprint density at radius 1 is 1.35 bits per heavy atom. The van der Waals surface area contributed by atoms with Crippen LogP contribution in [0.5, 0.6) is 0 Å². The zero-order valence-corrected chi connectivity index (χ0v) is 10.9. The lowest BCUT2D eigenvalue weighted by Gasteiger charge is -2.06. The van der Waals surface area contributed by atoms with Gasteiger partial charge in [0, 0.05) is 11.5 Å². The Balaban J connectivity index is 2.66. The van der Waals surface area contributed by atoms with Gasteiger partial charge in [0.25, 0.3) is 5.56 Å². The standard InChI is InChI=1S/C13H19N3O/c1-5-10(6-2)12-14-11-7-8(3)9(4)13(17)16(11)15-12/h7,10H,5-6H2,1-4H3,(H,14,15). The van der Waals surface area contributed by atoms with Crippen molar-refractivity contribution in [3.63, 3.8) is 0 Å². The van der Waals surface area contributed by atoms with Crippen molar-refractivity contribution in [1.82, 2.24) is 14.6 Å². The molecule has 0 bridgehead atoms. The molecule has 0 amide bonds. The average Bonchev–Trinajstić information content (AvgIpc) is 2.72. The van der Waals surface area contributed by atoms with E-state index in [1.54, 1.807) is 4.52 Å². The Bertz CT molecular complexity index is 590. The Morgan fingerprint density at radius 3 is 2.59 bits per heavy atom. The van der Waals surface area contributed by atoms with Crippen LogP contribution in [0.25, 0.3) is 5.65 Å². The maximum atomic E-state index is 12.1. The number of fused-ring (bicyclic) bond motifs is 1. The van der Waals surface area contributed by atoms with E-state index >= 15 is 0 Å². The van der Waals surface area contributed by atoms with Crippen LogP contribution in [0.1, 0.15) is 49.6 Å². The van der Waals surface area contributed by atoms with Crippen molar-refractivity contribution in [3.05, 3.63) is 33.4 Å². The molecule has 2 rings (SSSR count). The van der Waals surface area contributed by atoms with Crippen molar-refractivity contribution >= 4 is 5.65 Å².